The van der Waals surface area contributed by atoms with Gasteiger partial charge in [0.1, 0.15) is 0 Å². The fourth-order valence-corrected chi connectivity index (χ4v) is 1.69. The molecule has 0 atom stereocenters. The largest absolute Gasteiger partial charge is 0.359 e. The van der Waals surface area contributed by atoms with E-state index in [0.29, 0.717) is 6.42 Å². The summed E-state index contributed by atoms with van der Waals surface area (Å²) >= 11 is 0. The van der Waals surface area contributed by atoms with E-state index in [2.05, 4.69) is 23.3 Å². The maximum atomic E-state index is 10.9. The van der Waals surface area contributed by atoms with Gasteiger partial charge in [0, 0.05) is 18.9 Å². The van der Waals surface area contributed by atoms with Crippen LogP contribution in [0.5, 0.6) is 0 Å². The third-order valence-electron chi connectivity index (χ3n) is 2.86. The van der Waals surface area contributed by atoms with E-state index in [1.807, 2.05) is 63.4 Å². The SMILES string of the molecule is CC.CCc1ccnc(C)c1.CNC(=O)Cc1ccccc1. The lowest BCUT2D eigenvalue weighted by molar-refractivity contribution is -0.119. The Kier molecular flexibility index (Phi) is 11.3. The van der Waals surface area contributed by atoms with Crippen LogP contribution in [0.25, 0.3) is 0 Å². The molecule has 1 aromatic carbocycles. The number of rotatable bonds is 3. The average molecular weight is 300 g/mol. The lowest BCUT2D eigenvalue weighted by Crippen LogP contribution is -2.19. The first kappa shape index (κ1) is 19.8. The zero-order valence-electron chi connectivity index (χ0n) is 14.4. The first-order valence-electron chi connectivity index (χ1n) is 7.81. The second-order valence-corrected chi connectivity index (χ2v) is 4.49. The standard InChI is InChI=1S/C9H11NO.C8H11N.C2H6/c1-10-9(11)7-8-5-3-2-4-6-8;1-3-8-4-5-9-7(2)6-8;1-2/h2-6H,7H2,1H3,(H,10,11);4-6H,3H2,1-2H3;1-2H3. The number of hydrogen-bond acceptors (Lipinski definition) is 2. The molecular weight excluding hydrogens is 272 g/mol. The number of nitrogens with zero attached hydrogens (tertiary/aromatic N) is 1. The van der Waals surface area contributed by atoms with Crippen LogP contribution in [0.2, 0.25) is 0 Å². The highest BCUT2D eigenvalue weighted by molar-refractivity contribution is 5.78. The summed E-state index contributed by atoms with van der Waals surface area (Å²) in [6, 6.07) is 13.8. The van der Waals surface area contributed by atoms with Gasteiger partial charge in [-0.3, -0.25) is 9.78 Å². The molecule has 0 bridgehead atoms. The van der Waals surface area contributed by atoms with Gasteiger partial charge in [0.05, 0.1) is 6.42 Å². The highest BCUT2D eigenvalue weighted by Crippen LogP contribution is 2.00. The molecule has 0 spiro atoms. The van der Waals surface area contributed by atoms with E-state index in [4.69, 9.17) is 0 Å². The highest BCUT2D eigenvalue weighted by atomic mass is 16.1. The summed E-state index contributed by atoms with van der Waals surface area (Å²) < 4.78 is 0. The van der Waals surface area contributed by atoms with Crippen molar-refractivity contribution in [1.82, 2.24) is 10.3 Å². The minimum Gasteiger partial charge on any atom is -0.359 e. The number of amides is 1. The first-order chi connectivity index (χ1) is 10.7. The zero-order chi connectivity index (χ0) is 16.8. The molecule has 1 aromatic heterocycles. The van der Waals surface area contributed by atoms with Crippen molar-refractivity contribution in [3.63, 3.8) is 0 Å². The number of aromatic nitrogens is 1. The lowest BCUT2D eigenvalue weighted by Gasteiger charge is -1.98. The van der Waals surface area contributed by atoms with Gasteiger partial charge in [-0.05, 0) is 36.6 Å². The number of nitrogens with one attached hydrogen (secondary N) is 1. The number of pyridine rings is 1. The number of carbonyl (C=O) groups excluding carboxylic acids is 1. The van der Waals surface area contributed by atoms with Crippen LogP contribution in [0.3, 0.4) is 0 Å². The third kappa shape index (κ3) is 8.90. The summed E-state index contributed by atoms with van der Waals surface area (Å²) in [5.74, 6) is 0.0520. The number of likely N-dealkylation sites (N-methyl/N-ethyl adjacent to an activating group) is 1. The normalized spacial score (nSPS) is 8.77. The summed E-state index contributed by atoms with van der Waals surface area (Å²) in [6.45, 7) is 8.16. The van der Waals surface area contributed by atoms with Crippen molar-refractivity contribution in [3.8, 4) is 0 Å². The molecule has 1 amide bonds. The van der Waals surface area contributed by atoms with Gasteiger partial charge in [-0.15, -0.1) is 0 Å². The van der Waals surface area contributed by atoms with Gasteiger partial charge in [-0.25, -0.2) is 0 Å². The van der Waals surface area contributed by atoms with Crippen LogP contribution in [-0.2, 0) is 17.6 Å². The van der Waals surface area contributed by atoms with Crippen molar-refractivity contribution >= 4 is 5.91 Å². The Morgan fingerprint density at radius 2 is 1.73 bits per heavy atom. The first-order valence-corrected chi connectivity index (χ1v) is 7.81. The predicted octanol–water partition coefficient (Wildman–Crippen LogP) is 3.95. The topological polar surface area (TPSA) is 42.0 Å². The predicted molar refractivity (Wildman–Crippen MR) is 93.9 cm³/mol. The van der Waals surface area contributed by atoms with E-state index in [-0.39, 0.29) is 5.91 Å². The molecule has 2 aromatic rings. The fraction of sp³-hybridized carbons (Fsp3) is 0.368. The Labute approximate surface area is 134 Å². The molecule has 3 heteroatoms. The maximum Gasteiger partial charge on any atom is 0.224 e. The molecule has 1 heterocycles. The molecule has 1 N–H and O–H groups in total. The van der Waals surface area contributed by atoms with E-state index in [9.17, 15) is 4.79 Å². The molecule has 3 nitrogen and oxygen atoms in total. The maximum absolute atomic E-state index is 10.9. The summed E-state index contributed by atoms with van der Waals surface area (Å²) in [6.07, 6.45) is 3.43. The molecule has 0 aliphatic rings. The van der Waals surface area contributed by atoms with Gasteiger partial charge < -0.3 is 5.32 Å². The molecule has 22 heavy (non-hydrogen) atoms. The quantitative estimate of drug-likeness (QED) is 0.932. The van der Waals surface area contributed by atoms with E-state index in [1.54, 1.807) is 7.05 Å². The van der Waals surface area contributed by atoms with Crippen molar-refractivity contribution < 1.29 is 4.79 Å². The van der Waals surface area contributed by atoms with Crippen LogP contribution in [0.15, 0.2) is 48.7 Å². The van der Waals surface area contributed by atoms with E-state index in [1.165, 1.54) is 5.56 Å². The highest BCUT2D eigenvalue weighted by Gasteiger charge is 1.97. The molecular formula is C19H28N2O. The Morgan fingerprint density at radius 3 is 2.18 bits per heavy atom. The van der Waals surface area contributed by atoms with Gasteiger partial charge in [-0.2, -0.15) is 0 Å². The lowest BCUT2D eigenvalue weighted by atomic mass is 10.1. The van der Waals surface area contributed by atoms with Crippen molar-refractivity contribution in [3.05, 3.63) is 65.5 Å². The van der Waals surface area contributed by atoms with E-state index in [0.717, 1.165) is 17.7 Å². The van der Waals surface area contributed by atoms with E-state index >= 15 is 0 Å². The minimum atomic E-state index is 0.0520. The van der Waals surface area contributed by atoms with Gasteiger partial charge in [0.25, 0.3) is 0 Å². The summed E-state index contributed by atoms with van der Waals surface area (Å²) in [5, 5.41) is 2.57. The molecule has 0 unspecified atom stereocenters. The van der Waals surface area contributed by atoms with Crippen molar-refractivity contribution in [1.29, 1.82) is 0 Å². The van der Waals surface area contributed by atoms with Gasteiger partial charge in [0.2, 0.25) is 5.91 Å². The molecule has 0 fully saturated rings. The Hall–Kier alpha value is -2.16. The number of carbonyl (C=O) groups is 1. The average Bonchev–Trinajstić information content (AvgIpc) is 2.58. The Bertz CT molecular complexity index is 524. The number of aryl methyl sites for hydroxylation is 2. The summed E-state index contributed by atoms with van der Waals surface area (Å²) in [4.78, 5) is 15.0. The molecule has 0 aliphatic carbocycles. The van der Waals surface area contributed by atoms with Crippen LogP contribution < -0.4 is 5.32 Å². The van der Waals surface area contributed by atoms with Crippen molar-refractivity contribution in [2.45, 2.75) is 40.5 Å². The van der Waals surface area contributed by atoms with E-state index < -0.39 is 0 Å². The second-order valence-electron chi connectivity index (χ2n) is 4.49. The van der Waals surface area contributed by atoms with Gasteiger partial charge in [-0.1, -0.05) is 51.1 Å². The van der Waals surface area contributed by atoms with Crippen LogP contribution in [0.4, 0.5) is 0 Å². The number of hydrogen-bond donors (Lipinski definition) is 1. The van der Waals surface area contributed by atoms with Crippen LogP contribution >= 0.6 is 0 Å². The Balaban J connectivity index is 0.000000366. The van der Waals surface area contributed by atoms with Crippen LogP contribution in [0, 0.1) is 6.92 Å². The molecule has 2 rings (SSSR count). The fourth-order valence-electron chi connectivity index (χ4n) is 1.69. The van der Waals surface area contributed by atoms with Crippen LogP contribution in [0.1, 0.15) is 37.6 Å². The second kappa shape index (κ2) is 12.6. The minimum absolute atomic E-state index is 0.0520. The molecule has 120 valence electrons. The number of benzene rings is 1. The van der Waals surface area contributed by atoms with Gasteiger partial charge >= 0.3 is 0 Å². The van der Waals surface area contributed by atoms with Crippen molar-refractivity contribution in [2.24, 2.45) is 0 Å². The summed E-state index contributed by atoms with van der Waals surface area (Å²) in [7, 11) is 1.64. The smallest absolute Gasteiger partial charge is 0.224 e. The molecule has 0 radical (unpaired) electrons. The van der Waals surface area contributed by atoms with Crippen molar-refractivity contribution in [2.75, 3.05) is 7.05 Å². The third-order valence-corrected chi connectivity index (χ3v) is 2.86. The van der Waals surface area contributed by atoms with Gasteiger partial charge in [0.15, 0.2) is 0 Å². The van der Waals surface area contributed by atoms with Crippen LogP contribution in [-0.4, -0.2) is 17.9 Å². The summed E-state index contributed by atoms with van der Waals surface area (Å²) in [5.41, 5.74) is 3.52. The molecule has 0 aliphatic heterocycles. The molecule has 0 saturated heterocycles. The molecule has 0 saturated carbocycles. The Morgan fingerprint density at radius 1 is 1.09 bits per heavy atom. The monoisotopic (exact) mass is 300 g/mol. The zero-order valence-corrected chi connectivity index (χ0v) is 14.4.